The number of hydrogen-bond acceptors (Lipinski definition) is 6. The van der Waals surface area contributed by atoms with Crippen LogP contribution in [0.4, 0.5) is 27.4 Å². The van der Waals surface area contributed by atoms with E-state index < -0.39 is 0 Å². The van der Waals surface area contributed by atoms with Crippen molar-refractivity contribution in [2.24, 2.45) is 0 Å². The summed E-state index contributed by atoms with van der Waals surface area (Å²) in [7, 11) is 3.16. The molecule has 0 unspecified atom stereocenters. The standard InChI is InChI=1S/C19H19FN4O2/c1-12-21-18(23-13-8-9-16(25-2)17(10-13)26-3)11-19(22-12)24-15-7-5-4-6-14(15)20/h4-11H,1-3H3,(H2,21,22,23,24). The summed E-state index contributed by atoms with van der Waals surface area (Å²) < 4.78 is 24.4. The average molecular weight is 354 g/mol. The minimum Gasteiger partial charge on any atom is -0.493 e. The minimum atomic E-state index is -0.349. The van der Waals surface area contributed by atoms with Crippen LogP contribution in [-0.4, -0.2) is 24.2 Å². The molecule has 3 aromatic rings. The predicted octanol–water partition coefficient (Wildman–Crippen LogP) is 4.43. The highest BCUT2D eigenvalue weighted by Gasteiger charge is 2.08. The second kappa shape index (κ2) is 7.69. The molecule has 7 heteroatoms. The zero-order valence-corrected chi connectivity index (χ0v) is 14.7. The molecule has 1 heterocycles. The first-order valence-corrected chi connectivity index (χ1v) is 7.95. The van der Waals surface area contributed by atoms with Gasteiger partial charge in [-0.25, -0.2) is 14.4 Å². The van der Waals surface area contributed by atoms with Crippen molar-refractivity contribution in [1.29, 1.82) is 0 Å². The van der Waals surface area contributed by atoms with E-state index in [1.54, 1.807) is 57.5 Å². The van der Waals surface area contributed by atoms with Crippen LogP contribution in [0.15, 0.2) is 48.5 Å². The fraction of sp³-hybridized carbons (Fsp3) is 0.158. The molecule has 0 saturated heterocycles. The van der Waals surface area contributed by atoms with E-state index in [1.807, 2.05) is 6.07 Å². The molecule has 2 N–H and O–H groups in total. The normalized spacial score (nSPS) is 10.3. The first-order chi connectivity index (χ1) is 12.6. The quantitative estimate of drug-likeness (QED) is 0.683. The topological polar surface area (TPSA) is 68.3 Å². The number of methoxy groups -OCH3 is 2. The Bertz CT molecular complexity index is 918. The van der Waals surface area contributed by atoms with Crippen LogP contribution in [0.25, 0.3) is 0 Å². The summed E-state index contributed by atoms with van der Waals surface area (Å²) in [6, 6.07) is 13.6. The zero-order valence-electron chi connectivity index (χ0n) is 14.7. The molecule has 0 bridgehead atoms. The number of aromatic nitrogens is 2. The van der Waals surface area contributed by atoms with Crippen molar-refractivity contribution in [3.8, 4) is 11.5 Å². The lowest BCUT2D eigenvalue weighted by atomic mass is 10.2. The molecule has 0 aliphatic rings. The van der Waals surface area contributed by atoms with E-state index in [2.05, 4.69) is 20.6 Å². The predicted molar refractivity (Wildman–Crippen MR) is 99.3 cm³/mol. The molecule has 0 radical (unpaired) electrons. The maximum Gasteiger partial charge on any atom is 0.162 e. The van der Waals surface area contributed by atoms with Gasteiger partial charge in [-0.1, -0.05) is 12.1 Å². The largest absolute Gasteiger partial charge is 0.493 e. The van der Waals surface area contributed by atoms with E-state index in [4.69, 9.17) is 9.47 Å². The van der Waals surface area contributed by atoms with Gasteiger partial charge in [0.2, 0.25) is 0 Å². The van der Waals surface area contributed by atoms with E-state index in [-0.39, 0.29) is 5.82 Å². The van der Waals surface area contributed by atoms with Gasteiger partial charge in [-0.3, -0.25) is 0 Å². The van der Waals surface area contributed by atoms with Gasteiger partial charge in [0.25, 0.3) is 0 Å². The summed E-state index contributed by atoms with van der Waals surface area (Å²) in [6.45, 7) is 1.77. The van der Waals surface area contributed by atoms with Crippen LogP contribution in [-0.2, 0) is 0 Å². The van der Waals surface area contributed by atoms with Gasteiger partial charge in [-0.05, 0) is 31.2 Å². The third kappa shape index (κ3) is 4.00. The number of halogens is 1. The Morgan fingerprint density at radius 2 is 1.54 bits per heavy atom. The van der Waals surface area contributed by atoms with Gasteiger partial charge in [0.1, 0.15) is 23.3 Å². The van der Waals surface area contributed by atoms with Gasteiger partial charge in [0.05, 0.1) is 19.9 Å². The number of anilines is 4. The van der Waals surface area contributed by atoms with Gasteiger partial charge in [0.15, 0.2) is 11.5 Å². The van der Waals surface area contributed by atoms with Crippen LogP contribution < -0.4 is 20.1 Å². The molecule has 0 amide bonds. The fourth-order valence-electron chi connectivity index (χ4n) is 2.46. The Kier molecular flexibility index (Phi) is 5.17. The van der Waals surface area contributed by atoms with Crippen molar-refractivity contribution < 1.29 is 13.9 Å². The highest BCUT2D eigenvalue weighted by molar-refractivity contribution is 5.65. The van der Waals surface area contributed by atoms with Crippen molar-refractivity contribution in [3.63, 3.8) is 0 Å². The Balaban J connectivity index is 1.85. The number of ether oxygens (including phenoxy) is 2. The summed E-state index contributed by atoms with van der Waals surface area (Å²) in [5, 5.41) is 6.16. The van der Waals surface area contributed by atoms with Crippen LogP contribution in [0.2, 0.25) is 0 Å². The Morgan fingerprint density at radius 1 is 0.846 bits per heavy atom. The molecule has 0 saturated carbocycles. The summed E-state index contributed by atoms with van der Waals surface area (Å²) >= 11 is 0. The molecule has 0 fully saturated rings. The summed E-state index contributed by atoms with van der Waals surface area (Å²) in [5.41, 5.74) is 1.13. The van der Waals surface area contributed by atoms with Crippen molar-refractivity contribution in [2.45, 2.75) is 6.92 Å². The molecular formula is C19H19FN4O2. The molecule has 0 aliphatic heterocycles. The molecule has 0 atom stereocenters. The highest BCUT2D eigenvalue weighted by atomic mass is 19.1. The molecule has 2 aromatic carbocycles. The summed E-state index contributed by atoms with van der Waals surface area (Å²) in [4.78, 5) is 8.66. The van der Waals surface area contributed by atoms with Crippen LogP contribution in [0.1, 0.15) is 5.82 Å². The van der Waals surface area contributed by atoms with Crippen LogP contribution in [0.3, 0.4) is 0 Å². The van der Waals surface area contributed by atoms with E-state index in [0.29, 0.717) is 34.6 Å². The van der Waals surface area contributed by atoms with Gasteiger partial charge >= 0.3 is 0 Å². The number of nitrogens with zero attached hydrogens (tertiary/aromatic N) is 2. The van der Waals surface area contributed by atoms with Crippen molar-refractivity contribution >= 4 is 23.0 Å². The fourth-order valence-corrected chi connectivity index (χ4v) is 2.46. The lowest BCUT2D eigenvalue weighted by molar-refractivity contribution is 0.355. The van der Waals surface area contributed by atoms with E-state index in [1.165, 1.54) is 6.07 Å². The third-order valence-corrected chi connectivity index (χ3v) is 3.63. The van der Waals surface area contributed by atoms with Gasteiger partial charge < -0.3 is 20.1 Å². The molecular weight excluding hydrogens is 335 g/mol. The Morgan fingerprint density at radius 3 is 2.23 bits per heavy atom. The van der Waals surface area contributed by atoms with Gasteiger partial charge in [-0.2, -0.15) is 0 Å². The Hall–Kier alpha value is -3.35. The minimum absolute atomic E-state index is 0.349. The van der Waals surface area contributed by atoms with E-state index in [9.17, 15) is 4.39 Å². The maximum absolute atomic E-state index is 13.8. The first-order valence-electron chi connectivity index (χ1n) is 7.95. The SMILES string of the molecule is COc1ccc(Nc2cc(Nc3ccccc3F)nc(C)n2)cc1OC. The molecule has 3 rings (SSSR count). The molecule has 0 aliphatic carbocycles. The highest BCUT2D eigenvalue weighted by Crippen LogP contribution is 2.31. The van der Waals surface area contributed by atoms with Crippen molar-refractivity contribution in [3.05, 3.63) is 60.2 Å². The average Bonchev–Trinajstić information content (AvgIpc) is 2.63. The number of hydrogen-bond donors (Lipinski definition) is 2. The van der Waals surface area contributed by atoms with Gasteiger partial charge in [0, 0.05) is 17.8 Å². The van der Waals surface area contributed by atoms with Crippen LogP contribution in [0.5, 0.6) is 11.5 Å². The molecule has 26 heavy (non-hydrogen) atoms. The Labute approximate surface area is 151 Å². The number of nitrogens with one attached hydrogen (secondary N) is 2. The second-order valence-corrected chi connectivity index (χ2v) is 5.49. The summed E-state index contributed by atoms with van der Waals surface area (Å²) in [6.07, 6.45) is 0. The molecule has 6 nitrogen and oxygen atoms in total. The smallest absolute Gasteiger partial charge is 0.162 e. The van der Waals surface area contributed by atoms with Crippen LogP contribution in [0, 0.1) is 12.7 Å². The molecule has 134 valence electrons. The van der Waals surface area contributed by atoms with Gasteiger partial charge in [-0.15, -0.1) is 0 Å². The van der Waals surface area contributed by atoms with Crippen molar-refractivity contribution in [2.75, 3.05) is 24.9 Å². The number of rotatable bonds is 6. The third-order valence-electron chi connectivity index (χ3n) is 3.63. The monoisotopic (exact) mass is 354 g/mol. The lowest BCUT2D eigenvalue weighted by Crippen LogP contribution is -2.02. The van der Waals surface area contributed by atoms with Crippen LogP contribution >= 0.6 is 0 Å². The second-order valence-electron chi connectivity index (χ2n) is 5.49. The van der Waals surface area contributed by atoms with Crippen molar-refractivity contribution in [1.82, 2.24) is 9.97 Å². The first kappa shape index (κ1) is 17.5. The zero-order chi connectivity index (χ0) is 18.5. The molecule has 1 aromatic heterocycles. The number of benzene rings is 2. The molecule has 0 spiro atoms. The lowest BCUT2D eigenvalue weighted by Gasteiger charge is -2.12. The van der Waals surface area contributed by atoms with E-state index in [0.717, 1.165) is 5.69 Å². The summed E-state index contributed by atoms with van der Waals surface area (Å²) in [5.74, 6) is 2.51. The number of aryl methyl sites for hydroxylation is 1. The van der Waals surface area contributed by atoms with E-state index >= 15 is 0 Å². The number of para-hydroxylation sites is 1. The maximum atomic E-state index is 13.8.